The summed E-state index contributed by atoms with van der Waals surface area (Å²) < 4.78 is 6.35. The Kier molecular flexibility index (Phi) is 3.75. The first kappa shape index (κ1) is 10.5. The molecule has 0 radical (unpaired) electrons. The zero-order valence-corrected chi connectivity index (χ0v) is 9.47. The second-order valence-electron chi connectivity index (χ2n) is 2.91. The molecule has 1 aromatic carbocycles. The molecule has 0 fully saturated rings. The topological polar surface area (TPSA) is 35.2 Å². The van der Waals surface area contributed by atoms with Crippen molar-refractivity contribution in [2.24, 2.45) is 5.73 Å². The molecule has 2 nitrogen and oxygen atoms in total. The van der Waals surface area contributed by atoms with E-state index in [1.54, 1.807) is 0 Å². The minimum Gasteiger partial charge on any atom is -0.493 e. The molecular weight excluding hydrogens is 230 g/mol. The molecule has 0 aliphatic heterocycles. The van der Waals surface area contributed by atoms with Gasteiger partial charge < -0.3 is 10.5 Å². The van der Waals surface area contributed by atoms with Gasteiger partial charge in [0, 0.05) is 6.04 Å². The quantitative estimate of drug-likeness (QED) is 0.887. The molecule has 3 heteroatoms. The van der Waals surface area contributed by atoms with Gasteiger partial charge >= 0.3 is 0 Å². The normalized spacial score (nSPS) is 12.6. The van der Waals surface area contributed by atoms with Gasteiger partial charge in [-0.1, -0.05) is 6.07 Å². The predicted octanol–water partition coefficient (Wildman–Crippen LogP) is 2.87. The van der Waals surface area contributed by atoms with E-state index < -0.39 is 0 Å². The highest BCUT2D eigenvalue weighted by atomic mass is 79.9. The SMILES string of the molecule is CCOc1ccc([C@H](C)N)cc1Br. The largest absolute Gasteiger partial charge is 0.493 e. The predicted molar refractivity (Wildman–Crippen MR) is 57.9 cm³/mol. The lowest BCUT2D eigenvalue weighted by atomic mass is 10.1. The van der Waals surface area contributed by atoms with Gasteiger partial charge in [0.15, 0.2) is 0 Å². The number of hydrogen-bond acceptors (Lipinski definition) is 2. The summed E-state index contributed by atoms with van der Waals surface area (Å²) in [6.45, 7) is 4.60. The summed E-state index contributed by atoms with van der Waals surface area (Å²) in [7, 11) is 0. The van der Waals surface area contributed by atoms with Gasteiger partial charge in [0.05, 0.1) is 11.1 Å². The van der Waals surface area contributed by atoms with Crippen molar-refractivity contribution < 1.29 is 4.74 Å². The van der Waals surface area contributed by atoms with Crippen LogP contribution in [0.3, 0.4) is 0 Å². The lowest BCUT2D eigenvalue weighted by molar-refractivity contribution is 0.338. The molecule has 0 amide bonds. The maximum Gasteiger partial charge on any atom is 0.133 e. The van der Waals surface area contributed by atoms with Crippen LogP contribution < -0.4 is 10.5 Å². The molecule has 72 valence electrons. The van der Waals surface area contributed by atoms with E-state index in [-0.39, 0.29) is 6.04 Å². The third kappa shape index (κ3) is 2.71. The van der Waals surface area contributed by atoms with Crippen LogP contribution in [0.1, 0.15) is 25.5 Å². The van der Waals surface area contributed by atoms with Crippen LogP contribution in [0.4, 0.5) is 0 Å². The molecule has 1 atom stereocenters. The van der Waals surface area contributed by atoms with E-state index in [1.165, 1.54) is 0 Å². The van der Waals surface area contributed by atoms with Gasteiger partial charge in [0.1, 0.15) is 5.75 Å². The van der Waals surface area contributed by atoms with Crippen molar-refractivity contribution >= 4 is 15.9 Å². The Hall–Kier alpha value is -0.540. The number of hydrogen-bond donors (Lipinski definition) is 1. The summed E-state index contributed by atoms with van der Waals surface area (Å²) in [5.74, 6) is 0.868. The first-order valence-corrected chi connectivity index (χ1v) is 5.12. The van der Waals surface area contributed by atoms with Crippen LogP contribution >= 0.6 is 15.9 Å². The summed E-state index contributed by atoms with van der Waals surface area (Å²) in [5, 5.41) is 0. The van der Waals surface area contributed by atoms with E-state index in [9.17, 15) is 0 Å². The standard InChI is InChI=1S/C10H14BrNO/c1-3-13-10-5-4-8(7(2)12)6-9(10)11/h4-7H,3,12H2,1-2H3/t7-/m0/s1. The summed E-state index contributed by atoms with van der Waals surface area (Å²) in [6, 6.07) is 5.98. The molecule has 0 unspecified atom stereocenters. The minimum atomic E-state index is 0.0620. The molecule has 0 aromatic heterocycles. The maximum atomic E-state index is 5.74. The fraction of sp³-hybridized carbons (Fsp3) is 0.400. The molecule has 0 aliphatic rings. The van der Waals surface area contributed by atoms with Crippen molar-refractivity contribution in [1.82, 2.24) is 0 Å². The van der Waals surface area contributed by atoms with Crippen LogP contribution in [-0.2, 0) is 0 Å². The summed E-state index contributed by atoms with van der Waals surface area (Å²) in [5.41, 5.74) is 6.85. The van der Waals surface area contributed by atoms with E-state index in [1.807, 2.05) is 32.0 Å². The molecule has 0 aliphatic carbocycles. The molecule has 0 bridgehead atoms. The lowest BCUT2D eigenvalue weighted by Gasteiger charge is -2.09. The highest BCUT2D eigenvalue weighted by Crippen LogP contribution is 2.27. The van der Waals surface area contributed by atoms with Crippen molar-refractivity contribution in [2.45, 2.75) is 19.9 Å². The first-order valence-electron chi connectivity index (χ1n) is 4.33. The highest BCUT2D eigenvalue weighted by molar-refractivity contribution is 9.10. The fourth-order valence-corrected chi connectivity index (χ4v) is 1.58. The molecule has 0 saturated heterocycles. The van der Waals surface area contributed by atoms with Crippen molar-refractivity contribution in [2.75, 3.05) is 6.61 Å². The fourth-order valence-electron chi connectivity index (χ4n) is 1.07. The number of halogens is 1. The average Bonchev–Trinajstić information content (AvgIpc) is 2.08. The van der Waals surface area contributed by atoms with Crippen LogP contribution in [0.2, 0.25) is 0 Å². The molecular formula is C10H14BrNO. The van der Waals surface area contributed by atoms with E-state index in [4.69, 9.17) is 10.5 Å². The van der Waals surface area contributed by atoms with Crippen LogP contribution in [0.15, 0.2) is 22.7 Å². The van der Waals surface area contributed by atoms with Crippen LogP contribution in [0, 0.1) is 0 Å². The van der Waals surface area contributed by atoms with Gasteiger partial charge in [-0.05, 0) is 47.5 Å². The van der Waals surface area contributed by atoms with E-state index in [0.717, 1.165) is 15.8 Å². The number of benzene rings is 1. The van der Waals surface area contributed by atoms with Crippen LogP contribution in [-0.4, -0.2) is 6.61 Å². The molecule has 2 N–H and O–H groups in total. The van der Waals surface area contributed by atoms with E-state index >= 15 is 0 Å². The summed E-state index contributed by atoms with van der Waals surface area (Å²) in [4.78, 5) is 0. The van der Waals surface area contributed by atoms with Crippen molar-refractivity contribution in [1.29, 1.82) is 0 Å². The van der Waals surface area contributed by atoms with Gasteiger partial charge in [0.2, 0.25) is 0 Å². The Labute approximate surface area is 87.2 Å². The zero-order chi connectivity index (χ0) is 9.84. The molecule has 1 aromatic rings. The monoisotopic (exact) mass is 243 g/mol. The second-order valence-corrected chi connectivity index (χ2v) is 3.77. The third-order valence-corrected chi connectivity index (χ3v) is 2.40. The lowest BCUT2D eigenvalue weighted by Crippen LogP contribution is -2.05. The first-order chi connectivity index (χ1) is 6.15. The molecule has 0 spiro atoms. The van der Waals surface area contributed by atoms with Gasteiger partial charge in [-0.25, -0.2) is 0 Å². The Morgan fingerprint density at radius 2 is 2.23 bits per heavy atom. The van der Waals surface area contributed by atoms with Crippen molar-refractivity contribution in [3.63, 3.8) is 0 Å². The van der Waals surface area contributed by atoms with E-state index in [2.05, 4.69) is 15.9 Å². The molecule has 0 saturated carbocycles. The van der Waals surface area contributed by atoms with Gasteiger partial charge in [0.25, 0.3) is 0 Å². The highest BCUT2D eigenvalue weighted by Gasteiger charge is 2.04. The Morgan fingerprint density at radius 1 is 1.54 bits per heavy atom. The van der Waals surface area contributed by atoms with Crippen LogP contribution in [0.25, 0.3) is 0 Å². The van der Waals surface area contributed by atoms with Gasteiger partial charge in [-0.3, -0.25) is 0 Å². The summed E-state index contributed by atoms with van der Waals surface area (Å²) in [6.07, 6.45) is 0. The molecule has 1 rings (SSSR count). The molecule has 13 heavy (non-hydrogen) atoms. The van der Waals surface area contributed by atoms with Crippen LogP contribution in [0.5, 0.6) is 5.75 Å². The Bertz CT molecular complexity index is 286. The Morgan fingerprint density at radius 3 is 2.69 bits per heavy atom. The number of nitrogens with two attached hydrogens (primary N) is 1. The smallest absolute Gasteiger partial charge is 0.133 e. The molecule has 0 heterocycles. The minimum absolute atomic E-state index is 0.0620. The van der Waals surface area contributed by atoms with Gasteiger partial charge in [-0.2, -0.15) is 0 Å². The average molecular weight is 244 g/mol. The number of rotatable bonds is 3. The summed E-state index contributed by atoms with van der Waals surface area (Å²) >= 11 is 3.44. The maximum absolute atomic E-state index is 5.74. The third-order valence-electron chi connectivity index (χ3n) is 1.78. The van der Waals surface area contributed by atoms with E-state index in [0.29, 0.717) is 6.61 Å². The second kappa shape index (κ2) is 4.63. The van der Waals surface area contributed by atoms with Gasteiger partial charge in [-0.15, -0.1) is 0 Å². The Balaban J connectivity index is 2.92. The zero-order valence-electron chi connectivity index (χ0n) is 7.88. The van der Waals surface area contributed by atoms with Crippen molar-refractivity contribution in [3.05, 3.63) is 28.2 Å². The van der Waals surface area contributed by atoms with Crippen molar-refractivity contribution in [3.8, 4) is 5.75 Å². The number of ether oxygens (including phenoxy) is 1.